The summed E-state index contributed by atoms with van der Waals surface area (Å²) in [5.41, 5.74) is 2.33. The predicted octanol–water partition coefficient (Wildman–Crippen LogP) is 4.35. The topological polar surface area (TPSA) is 69.7 Å². The quantitative estimate of drug-likeness (QED) is 0.296. The van der Waals surface area contributed by atoms with E-state index in [4.69, 9.17) is 0 Å². The maximum Gasteiger partial charge on any atom is 0.229 e. The summed E-state index contributed by atoms with van der Waals surface area (Å²) >= 11 is 1.45. The molecule has 1 N–H and O–H groups in total. The number of Topliss-reactive ketones (excluding diaryl/α,β-unsaturated/α-hetero) is 1. The normalized spacial score (nSPS) is 15.0. The van der Waals surface area contributed by atoms with Gasteiger partial charge in [-0.15, -0.1) is 11.8 Å². The molecule has 2 aromatic rings. The summed E-state index contributed by atoms with van der Waals surface area (Å²) in [7, 11) is -3.39. The van der Waals surface area contributed by atoms with Crippen LogP contribution in [0.4, 0.5) is 11.4 Å². The smallest absolute Gasteiger partial charge is 0.229 e. The second kappa shape index (κ2) is 11.7. The van der Waals surface area contributed by atoms with E-state index in [0.29, 0.717) is 17.7 Å². The molecule has 1 aliphatic rings. The Morgan fingerprint density at radius 2 is 1.72 bits per heavy atom. The highest BCUT2D eigenvalue weighted by Crippen LogP contribution is 2.28. The summed E-state index contributed by atoms with van der Waals surface area (Å²) in [5, 5.41) is 0. The molecule has 0 radical (unpaired) electrons. The van der Waals surface area contributed by atoms with Crippen LogP contribution < -0.4 is 9.62 Å². The van der Waals surface area contributed by atoms with E-state index in [-0.39, 0.29) is 5.78 Å². The Morgan fingerprint density at radius 3 is 2.38 bits per heavy atom. The van der Waals surface area contributed by atoms with Gasteiger partial charge in [0.2, 0.25) is 10.0 Å². The first-order valence-corrected chi connectivity index (χ1v) is 14.2. The fourth-order valence-electron chi connectivity index (χ4n) is 3.97. The Labute approximate surface area is 196 Å². The second-order valence-electron chi connectivity index (χ2n) is 8.19. The van der Waals surface area contributed by atoms with Crippen molar-refractivity contribution in [3.05, 3.63) is 54.1 Å². The van der Waals surface area contributed by atoms with Gasteiger partial charge in [-0.1, -0.05) is 30.7 Å². The van der Waals surface area contributed by atoms with Crippen LogP contribution in [0.3, 0.4) is 0 Å². The number of carbonyl (C=O) groups is 1. The Morgan fingerprint density at radius 1 is 1.00 bits per heavy atom. The molecular weight excluding hydrogens is 442 g/mol. The zero-order chi connectivity index (χ0) is 23.0. The third kappa shape index (κ3) is 7.53. The van der Waals surface area contributed by atoms with Gasteiger partial charge in [0.25, 0.3) is 0 Å². The van der Waals surface area contributed by atoms with E-state index in [1.54, 1.807) is 18.2 Å². The third-order valence-electron chi connectivity index (χ3n) is 5.69. The molecule has 0 bridgehead atoms. The van der Waals surface area contributed by atoms with E-state index >= 15 is 0 Å². The number of benzene rings is 2. The first-order valence-electron chi connectivity index (χ1n) is 11.1. The molecule has 8 heteroatoms. The number of thioether (sulfide) groups is 1. The number of hydrogen-bond acceptors (Lipinski definition) is 6. The van der Waals surface area contributed by atoms with E-state index in [9.17, 15) is 13.2 Å². The summed E-state index contributed by atoms with van der Waals surface area (Å²) in [5.74, 6) is 0.0608. The van der Waals surface area contributed by atoms with Crippen molar-refractivity contribution in [2.24, 2.45) is 0 Å². The first kappa shape index (κ1) is 24.6. The van der Waals surface area contributed by atoms with Crippen molar-refractivity contribution in [3.63, 3.8) is 0 Å². The molecule has 0 aliphatic carbocycles. The summed E-state index contributed by atoms with van der Waals surface area (Å²) in [6.07, 6.45) is 6.44. The molecule has 0 aromatic heterocycles. The van der Waals surface area contributed by atoms with Gasteiger partial charge in [-0.2, -0.15) is 0 Å². The van der Waals surface area contributed by atoms with Gasteiger partial charge in [0.1, 0.15) is 0 Å². The fourth-order valence-corrected chi connectivity index (χ4v) is 5.14. The number of nitrogens with one attached hydrogen (secondary N) is 1. The summed E-state index contributed by atoms with van der Waals surface area (Å²) in [6.45, 7) is 5.33. The number of anilines is 2. The van der Waals surface area contributed by atoms with Crippen LogP contribution in [0.5, 0.6) is 0 Å². The molecule has 1 heterocycles. The highest BCUT2D eigenvalue weighted by atomic mass is 32.2. The van der Waals surface area contributed by atoms with Gasteiger partial charge in [0, 0.05) is 48.7 Å². The van der Waals surface area contributed by atoms with Gasteiger partial charge in [0.05, 0.1) is 11.9 Å². The Hall–Kier alpha value is -2.03. The summed E-state index contributed by atoms with van der Waals surface area (Å²) < 4.78 is 25.7. The monoisotopic (exact) mass is 475 g/mol. The fraction of sp³-hybridized carbons (Fsp3) is 0.458. The van der Waals surface area contributed by atoms with Crippen molar-refractivity contribution in [1.82, 2.24) is 4.90 Å². The van der Waals surface area contributed by atoms with Crippen LogP contribution >= 0.6 is 11.8 Å². The molecule has 174 valence electrons. The van der Waals surface area contributed by atoms with Crippen molar-refractivity contribution in [3.8, 4) is 0 Å². The SMILES string of the molecule is CSc1ccc(C(=O)CCCCCN2CCN(c3ccccc3)CC2)cc1NS(C)(=O)=O. The van der Waals surface area contributed by atoms with Gasteiger partial charge in [-0.3, -0.25) is 14.4 Å². The summed E-state index contributed by atoms with van der Waals surface area (Å²) in [6, 6.07) is 15.8. The average Bonchev–Trinajstić information content (AvgIpc) is 2.78. The molecule has 0 spiro atoms. The number of unbranched alkanes of at least 4 members (excludes halogenated alkanes) is 2. The zero-order valence-corrected chi connectivity index (χ0v) is 20.6. The highest BCUT2D eigenvalue weighted by molar-refractivity contribution is 7.99. The summed E-state index contributed by atoms with van der Waals surface area (Å²) in [4.78, 5) is 18.3. The molecule has 0 atom stereocenters. The van der Waals surface area contributed by atoms with Gasteiger partial charge >= 0.3 is 0 Å². The maximum absolute atomic E-state index is 12.6. The number of ketones is 1. The number of nitrogens with zero attached hydrogens (tertiary/aromatic N) is 2. The molecule has 6 nitrogen and oxygen atoms in total. The van der Waals surface area contributed by atoms with E-state index in [2.05, 4.69) is 44.9 Å². The molecule has 2 aromatic carbocycles. The Bertz CT molecular complexity index is 989. The average molecular weight is 476 g/mol. The highest BCUT2D eigenvalue weighted by Gasteiger charge is 2.17. The second-order valence-corrected chi connectivity index (χ2v) is 10.8. The minimum atomic E-state index is -3.39. The minimum Gasteiger partial charge on any atom is -0.369 e. The van der Waals surface area contributed by atoms with E-state index in [1.165, 1.54) is 17.4 Å². The number of carbonyl (C=O) groups excluding carboxylic acids is 1. The number of piperazine rings is 1. The van der Waals surface area contributed by atoms with Crippen LogP contribution in [0.15, 0.2) is 53.4 Å². The first-order chi connectivity index (χ1) is 15.4. The third-order valence-corrected chi connectivity index (χ3v) is 7.08. The lowest BCUT2D eigenvalue weighted by atomic mass is 10.0. The van der Waals surface area contributed by atoms with Gasteiger partial charge in [-0.25, -0.2) is 8.42 Å². The molecule has 3 rings (SSSR count). The van der Waals surface area contributed by atoms with Crippen LogP contribution in [-0.2, 0) is 10.0 Å². The van der Waals surface area contributed by atoms with Crippen LogP contribution in [0.2, 0.25) is 0 Å². The molecule has 1 saturated heterocycles. The number of hydrogen-bond donors (Lipinski definition) is 1. The molecule has 1 aliphatic heterocycles. The van der Waals surface area contributed by atoms with Crippen molar-refractivity contribution in [1.29, 1.82) is 0 Å². The molecule has 0 amide bonds. The van der Waals surface area contributed by atoms with Crippen molar-refractivity contribution < 1.29 is 13.2 Å². The minimum absolute atomic E-state index is 0.0608. The Balaban J connectivity index is 1.38. The standard InChI is InChI=1S/C24H33N3O3S2/c1-31-24-13-12-20(19-22(24)25-32(2,29)30)23(28)11-7-4-8-14-26-15-17-27(18-16-26)21-9-5-3-6-10-21/h3,5-6,9-10,12-13,19,25H,4,7-8,11,14-18H2,1-2H3. The molecule has 0 unspecified atom stereocenters. The Kier molecular flexibility index (Phi) is 9.02. The molecule has 1 fully saturated rings. The van der Waals surface area contributed by atoms with Gasteiger partial charge < -0.3 is 4.90 Å². The lowest BCUT2D eigenvalue weighted by Gasteiger charge is -2.36. The molecular formula is C24H33N3O3S2. The van der Waals surface area contributed by atoms with Crippen molar-refractivity contribution in [2.75, 3.05) is 54.9 Å². The lowest BCUT2D eigenvalue weighted by molar-refractivity contribution is 0.0978. The zero-order valence-electron chi connectivity index (χ0n) is 18.9. The molecule has 32 heavy (non-hydrogen) atoms. The van der Waals surface area contributed by atoms with E-state index in [0.717, 1.165) is 63.1 Å². The predicted molar refractivity (Wildman–Crippen MR) is 135 cm³/mol. The van der Waals surface area contributed by atoms with E-state index in [1.807, 2.05) is 6.26 Å². The van der Waals surface area contributed by atoms with Crippen molar-refractivity contribution in [2.45, 2.75) is 30.6 Å². The largest absolute Gasteiger partial charge is 0.369 e. The van der Waals surface area contributed by atoms with Gasteiger partial charge in [-0.05, 0) is 49.9 Å². The van der Waals surface area contributed by atoms with Crippen molar-refractivity contribution >= 4 is 38.9 Å². The molecule has 0 saturated carbocycles. The lowest BCUT2D eigenvalue weighted by Crippen LogP contribution is -2.46. The van der Waals surface area contributed by atoms with Crippen LogP contribution in [0.1, 0.15) is 36.0 Å². The number of sulfonamides is 1. The van der Waals surface area contributed by atoms with Gasteiger partial charge in [0.15, 0.2) is 5.78 Å². The van der Waals surface area contributed by atoms with Crippen LogP contribution in [0, 0.1) is 0 Å². The number of para-hydroxylation sites is 1. The maximum atomic E-state index is 12.6. The number of rotatable bonds is 11. The van der Waals surface area contributed by atoms with Crippen LogP contribution in [-0.4, -0.2) is 64.3 Å². The van der Waals surface area contributed by atoms with Crippen LogP contribution in [0.25, 0.3) is 0 Å². The van der Waals surface area contributed by atoms with E-state index < -0.39 is 10.0 Å².